The summed E-state index contributed by atoms with van der Waals surface area (Å²) in [7, 11) is 0. The Morgan fingerprint density at radius 2 is 1.71 bits per heavy atom. The number of rotatable bonds is 7. The highest BCUT2D eigenvalue weighted by atomic mass is 16.5. The molecule has 5 heteroatoms. The molecule has 0 radical (unpaired) electrons. The Hall–Kier alpha value is -3.08. The number of hydrogen-bond acceptors (Lipinski definition) is 5. The maximum Gasteiger partial charge on any atom is 0.229 e. The normalized spacial score (nSPS) is 14.0. The van der Waals surface area contributed by atoms with E-state index in [1.54, 1.807) is 0 Å². The summed E-state index contributed by atoms with van der Waals surface area (Å²) >= 11 is 0. The summed E-state index contributed by atoms with van der Waals surface area (Å²) < 4.78 is 5.84. The number of benzene rings is 2. The topological polar surface area (TPSA) is 59.1 Å². The molecule has 1 heterocycles. The van der Waals surface area contributed by atoms with Gasteiger partial charge in [-0.25, -0.2) is 4.98 Å². The molecule has 0 aliphatic heterocycles. The Bertz CT molecular complexity index is 890. The van der Waals surface area contributed by atoms with Crippen molar-refractivity contribution in [1.82, 2.24) is 9.97 Å². The molecule has 28 heavy (non-hydrogen) atoms. The van der Waals surface area contributed by atoms with E-state index >= 15 is 0 Å². The second kappa shape index (κ2) is 8.74. The first kappa shape index (κ1) is 18.3. The molecule has 2 N–H and O–H groups in total. The second-order valence-electron chi connectivity index (χ2n) is 7.27. The van der Waals surface area contributed by atoms with Crippen LogP contribution < -0.4 is 15.4 Å². The molecule has 5 nitrogen and oxygen atoms in total. The van der Waals surface area contributed by atoms with Gasteiger partial charge in [0.15, 0.2) is 0 Å². The minimum Gasteiger partial charge on any atom is -0.489 e. The van der Waals surface area contributed by atoms with Gasteiger partial charge in [-0.1, -0.05) is 43.2 Å². The summed E-state index contributed by atoms with van der Waals surface area (Å²) in [6, 6.07) is 20.6. The molecule has 0 bridgehead atoms. The lowest BCUT2D eigenvalue weighted by Gasteiger charge is -2.14. The van der Waals surface area contributed by atoms with E-state index in [1.165, 1.54) is 25.7 Å². The Morgan fingerprint density at radius 1 is 0.964 bits per heavy atom. The molecule has 0 atom stereocenters. The second-order valence-corrected chi connectivity index (χ2v) is 7.27. The van der Waals surface area contributed by atoms with Crippen LogP contribution in [0.25, 0.3) is 0 Å². The van der Waals surface area contributed by atoms with Crippen LogP contribution in [0.1, 0.15) is 36.9 Å². The SMILES string of the molecule is Cc1cc(NC2CCCC2)nc(Nc2ccc(OCc3ccccc3)cc2)n1. The lowest BCUT2D eigenvalue weighted by Crippen LogP contribution is -2.16. The predicted molar refractivity (Wildman–Crippen MR) is 113 cm³/mol. The van der Waals surface area contributed by atoms with Crippen LogP contribution in [-0.4, -0.2) is 16.0 Å². The first-order valence-corrected chi connectivity index (χ1v) is 9.91. The lowest BCUT2D eigenvalue weighted by molar-refractivity contribution is 0.306. The molecule has 4 rings (SSSR count). The van der Waals surface area contributed by atoms with E-state index in [0.29, 0.717) is 18.6 Å². The summed E-state index contributed by atoms with van der Waals surface area (Å²) in [5, 5.41) is 6.83. The highest BCUT2D eigenvalue weighted by molar-refractivity contribution is 5.56. The molecule has 1 aliphatic rings. The highest BCUT2D eigenvalue weighted by Crippen LogP contribution is 2.23. The fourth-order valence-electron chi connectivity index (χ4n) is 3.48. The molecule has 0 spiro atoms. The fraction of sp³-hybridized carbons (Fsp3) is 0.304. The first-order chi connectivity index (χ1) is 13.7. The number of aryl methyl sites for hydroxylation is 1. The van der Waals surface area contributed by atoms with Gasteiger partial charge >= 0.3 is 0 Å². The van der Waals surface area contributed by atoms with E-state index < -0.39 is 0 Å². The molecule has 1 saturated carbocycles. The summed E-state index contributed by atoms with van der Waals surface area (Å²) in [4.78, 5) is 9.13. The highest BCUT2D eigenvalue weighted by Gasteiger charge is 2.15. The molecule has 0 amide bonds. The van der Waals surface area contributed by atoms with Gasteiger partial charge in [-0.15, -0.1) is 0 Å². The minimum atomic E-state index is 0.531. The zero-order valence-electron chi connectivity index (χ0n) is 16.2. The third-order valence-electron chi connectivity index (χ3n) is 4.92. The van der Waals surface area contributed by atoms with Crippen molar-refractivity contribution in [2.75, 3.05) is 10.6 Å². The molecule has 0 unspecified atom stereocenters. The molecule has 0 saturated heterocycles. The maximum atomic E-state index is 5.84. The van der Waals surface area contributed by atoms with Crippen molar-refractivity contribution in [3.05, 3.63) is 71.9 Å². The van der Waals surface area contributed by atoms with Crippen LogP contribution in [0, 0.1) is 6.92 Å². The summed E-state index contributed by atoms with van der Waals surface area (Å²) in [6.45, 7) is 2.55. The molecule has 1 aliphatic carbocycles. The number of nitrogens with zero attached hydrogens (tertiary/aromatic N) is 2. The van der Waals surface area contributed by atoms with Crippen LogP contribution in [0.3, 0.4) is 0 Å². The quantitative estimate of drug-likeness (QED) is 0.575. The van der Waals surface area contributed by atoms with Crippen LogP contribution in [0.5, 0.6) is 5.75 Å². The van der Waals surface area contributed by atoms with Crippen LogP contribution in [0.15, 0.2) is 60.7 Å². The van der Waals surface area contributed by atoms with Crippen molar-refractivity contribution < 1.29 is 4.74 Å². The van der Waals surface area contributed by atoms with Gasteiger partial charge in [0.1, 0.15) is 18.2 Å². The minimum absolute atomic E-state index is 0.531. The summed E-state index contributed by atoms with van der Waals surface area (Å²) in [5.41, 5.74) is 3.03. The van der Waals surface area contributed by atoms with Crippen molar-refractivity contribution in [1.29, 1.82) is 0 Å². The van der Waals surface area contributed by atoms with Gasteiger partial charge in [0.05, 0.1) is 0 Å². The van der Waals surface area contributed by atoms with Crippen molar-refractivity contribution >= 4 is 17.5 Å². The van der Waals surface area contributed by atoms with Crippen molar-refractivity contribution in [2.24, 2.45) is 0 Å². The van der Waals surface area contributed by atoms with Gasteiger partial charge in [-0.05, 0) is 49.6 Å². The fourth-order valence-corrected chi connectivity index (χ4v) is 3.48. The molecule has 1 fully saturated rings. The van der Waals surface area contributed by atoms with E-state index in [9.17, 15) is 0 Å². The third-order valence-corrected chi connectivity index (χ3v) is 4.92. The standard InChI is InChI=1S/C23H26N4O/c1-17-15-22(25-19-9-5-6-10-19)27-23(24-17)26-20-11-13-21(14-12-20)28-16-18-7-3-2-4-8-18/h2-4,7-8,11-15,19H,5-6,9-10,16H2,1H3,(H2,24,25,26,27). The van der Waals surface area contributed by atoms with Crippen LogP contribution >= 0.6 is 0 Å². The van der Waals surface area contributed by atoms with Crippen LogP contribution in [-0.2, 0) is 6.61 Å². The van der Waals surface area contributed by atoms with Crippen LogP contribution in [0.2, 0.25) is 0 Å². The van der Waals surface area contributed by atoms with E-state index in [2.05, 4.69) is 32.7 Å². The Morgan fingerprint density at radius 3 is 2.46 bits per heavy atom. The largest absolute Gasteiger partial charge is 0.489 e. The molecular formula is C23H26N4O. The number of anilines is 3. The van der Waals surface area contributed by atoms with Crippen LogP contribution in [0.4, 0.5) is 17.5 Å². The Kier molecular flexibility index (Phi) is 5.71. The van der Waals surface area contributed by atoms with Crippen molar-refractivity contribution in [2.45, 2.75) is 45.3 Å². The summed E-state index contributed by atoms with van der Waals surface area (Å²) in [6.07, 6.45) is 5.03. The number of aromatic nitrogens is 2. The average Bonchev–Trinajstić information content (AvgIpc) is 3.21. The lowest BCUT2D eigenvalue weighted by atomic mass is 10.2. The average molecular weight is 374 g/mol. The summed E-state index contributed by atoms with van der Waals surface area (Å²) in [5.74, 6) is 2.34. The van der Waals surface area contributed by atoms with E-state index in [4.69, 9.17) is 4.74 Å². The zero-order chi connectivity index (χ0) is 19.2. The monoisotopic (exact) mass is 374 g/mol. The van der Waals surface area contributed by atoms with E-state index in [0.717, 1.165) is 28.5 Å². The molecule has 2 aromatic carbocycles. The van der Waals surface area contributed by atoms with Crippen molar-refractivity contribution in [3.63, 3.8) is 0 Å². The Balaban J connectivity index is 1.37. The molecular weight excluding hydrogens is 348 g/mol. The smallest absolute Gasteiger partial charge is 0.229 e. The third kappa shape index (κ3) is 5.00. The van der Waals surface area contributed by atoms with Gasteiger partial charge in [-0.3, -0.25) is 0 Å². The van der Waals surface area contributed by atoms with Crippen molar-refractivity contribution in [3.8, 4) is 5.75 Å². The zero-order valence-corrected chi connectivity index (χ0v) is 16.2. The molecule has 1 aromatic heterocycles. The van der Waals surface area contributed by atoms with E-state index in [1.807, 2.05) is 55.5 Å². The molecule has 144 valence electrons. The number of nitrogens with one attached hydrogen (secondary N) is 2. The van der Waals surface area contributed by atoms with Gasteiger partial charge in [0, 0.05) is 23.5 Å². The number of ether oxygens (including phenoxy) is 1. The Labute approximate surface area is 166 Å². The molecule has 3 aromatic rings. The first-order valence-electron chi connectivity index (χ1n) is 9.91. The van der Waals surface area contributed by atoms with Gasteiger partial charge < -0.3 is 15.4 Å². The van der Waals surface area contributed by atoms with Gasteiger partial charge in [-0.2, -0.15) is 4.98 Å². The predicted octanol–water partition coefficient (Wildman–Crippen LogP) is 5.46. The maximum absolute atomic E-state index is 5.84. The van der Waals surface area contributed by atoms with Gasteiger partial charge in [0.25, 0.3) is 0 Å². The number of hydrogen-bond donors (Lipinski definition) is 2. The van der Waals surface area contributed by atoms with Gasteiger partial charge in [0.2, 0.25) is 5.95 Å². The van der Waals surface area contributed by atoms with E-state index in [-0.39, 0.29) is 0 Å².